The zero-order chi connectivity index (χ0) is 22.0. The SMILES string of the molecule is COc1cc(C(=O)N(C)Cc2cccc3cn[nH]c23)ccc1-c1cc(F)cc(C#N)c1. The Bertz CT molecular complexity index is 1320. The number of H-pyrrole nitrogens is 1. The fourth-order valence-corrected chi connectivity index (χ4v) is 3.58. The van der Waals surface area contributed by atoms with Gasteiger partial charge < -0.3 is 9.64 Å². The van der Waals surface area contributed by atoms with Crippen LogP contribution in [-0.2, 0) is 6.54 Å². The number of nitriles is 1. The topological polar surface area (TPSA) is 82.0 Å². The first kappa shape index (κ1) is 20.1. The Kier molecular flexibility index (Phi) is 5.37. The van der Waals surface area contributed by atoms with E-state index < -0.39 is 5.82 Å². The van der Waals surface area contributed by atoms with Crippen molar-refractivity contribution in [3.63, 3.8) is 0 Å². The van der Waals surface area contributed by atoms with Crippen LogP contribution in [0.2, 0.25) is 0 Å². The van der Waals surface area contributed by atoms with Gasteiger partial charge in [-0.1, -0.05) is 18.2 Å². The summed E-state index contributed by atoms with van der Waals surface area (Å²) >= 11 is 0. The molecule has 0 aliphatic rings. The number of hydrogen-bond donors (Lipinski definition) is 1. The lowest BCUT2D eigenvalue weighted by atomic mass is 10.00. The third kappa shape index (κ3) is 3.96. The number of hydrogen-bond acceptors (Lipinski definition) is 4. The van der Waals surface area contributed by atoms with Gasteiger partial charge in [0.15, 0.2) is 0 Å². The summed E-state index contributed by atoms with van der Waals surface area (Å²) in [6.45, 7) is 0.401. The lowest BCUT2D eigenvalue weighted by molar-refractivity contribution is 0.0785. The number of aromatic amines is 1. The molecule has 1 heterocycles. The van der Waals surface area contributed by atoms with Crippen molar-refractivity contribution in [2.24, 2.45) is 0 Å². The molecule has 7 heteroatoms. The van der Waals surface area contributed by atoms with Crippen molar-refractivity contribution in [1.82, 2.24) is 15.1 Å². The number of methoxy groups -OCH3 is 1. The zero-order valence-corrected chi connectivity index (χ0v) is 17.0. The Labute approximate surface area is 178 Å². The monoisotopic (exact) mass is 414 g/mol. The van der Waals surface area contributed by atoms with Gasteiger partial charge in [0.1, 0.15) is 11.6 Å². The quantitative estimate of drug-likeness (QED) is 0.521. The van der Waals surface area contributed by atoms with Gasteiger partial charge in [-0.3, -0.25) is 9.89 Å². The van der Waals surface area contributed by atoms with Gasteiger partial charge in [0.2, 0.25) is 0 Å². The molecule has 0 unspecified atom stereocenters. The van der Waals surface area contributed by atoms with Gasteiger partial charge in [-0.2, -0.15) is 10.4 Å². The normalized spacial score (nSPS) is 10.6. The Morgan fingerprint density at radius 1 is 1.23 bits per heavy atom. The molecule has 0 radical (unpaired) electrons. The molecule has 0 atom stereocenters. The molecule has 0 saturated heterocycles. The number of ether oxygens (including phenoxy) is 1. The number of para-hydroxylation sites is 1. The lowest BCUT2D eigenvalue weighted by Crippen LogP contribution is -2.26. The third-order valence-electron chi connectivity index (χ3n) is 5.10. The maximum atomic E-state index is 13.9. The van der Waals surface area contributed by atoms with Gasteiger partial charge in [0.25, 0.3) is 5.91 Å². The smallest absolute Gasteiger partial charge is 0.254 e. The summed E-state index contributed by atoms with van der Waals surface area (Å²) in [7, 11) is 3.21. The number of fused-ring (bicyclic) bond motifs is 1. The molecule has 0 bridgehead atoms. The summed E-state index contributed by atoms with van der Waals surface area (Å²) in [4.78, 5) is 14.6. The van der Waals surface area contributed by atoms with Crippen LogP contribution in [0.4, 0.5) is 4.39 Å². The summed E-state index contributed by atoms with van der Waals surface area (Å²) < 4.78 is 19.3. The molecular formula is C24H19FN4O2. The van der Waals surface area contributed by atoms with Crippen LogP contribution in [0.15, 0.2) is 60.8 Å². The van der Waals surface area contributed by atoms with E-state index in [4.69, 9.17) is 10.00 Å². The van der Waals surface area contributed by atoms with Crippen molar-refractivity contribution in [3.8, 4) is 22.9 Å². The predicted octanol–water partition coefficient (Wildman–Crippen LogP) is 4.52. The van der Waals surface area contributed by atoms with E-state index in [1.54, 1.807) is 42.4 Å². The average Bonchev–Trinajstić information content (AvgIpc) is 3.27. The number of rotatable bonds is 5. The predicted molar refractivity (Wildman–Crippen MR) is 115 cm³/mol. The molecule has 31 heavy (non-hydrogen) atoms. The average molecular weight is 414 g/mol. The molecule has 0 aliphatic heterocycles. The molecule has 0 spiro atoms. The Morgan fingerprint density at radius 2 is 2.06 bits per heavy atom. The summed E-state index contributed by atoms with van der Waals surface area (Å²) in [6.07, 6.45) is 1.74. The van der Waals surface area contributed by atoms with E-state index in [9.17, 15) is 9.18 Å². The number of benzene rings is 3. The number of halogens is 1. The summed E-state index contributed by atoms with van der Waals surface area (Å²) in [5.74, 6) is -0.272. The highest BCUT2D eigenvalue weighted by molar-refractivity contribution is 5.95. The standard InChI is InChI=1S/C24H19FN4O2/c1-29(14-18-5-3-4-17-13-27-28-23(17)18)24(30)16-6-7-21(22(11-16)31-2)19-8-15(12-26)9-20(25)10-19/h3-11,13H,14H2,1-2H3,(H,27,28). The van der Waals surface area contributed by atoms with E-state index in [1.165, 1.54) is 19.2 Å². The third-order valence-corrected chi connectivity index (χ3v) is 5.10. The van der Waals surface area contributed by atoms with Crippen LogP contribution < -0.4 is 4.74 Å². The Balaban J connectivity index is 1.62. The van der Waals surface area contributed by atoms with Crippen LogP contribution in [0.3, 0.4) is 0 Å². The fraction of sp³-hybridized carbons (Fsp3) is 0.125. The molecule has 0 aliphatic carbocycles. The molecule has 3 aromatic carbocycles. The minimum atomic E-state index is -0.510. The lowest BCUT2D eigenvalue weighted by Gasteiger charge is -2.19. The maximum Gasteiger partial charge on any atom is 0.254 e. The van der Waals surface area contributed by atoms with Crippen molar-refractivity contribution >= 4 is 16.8 Å². The second kappa shape index (κ2) is 8.28. The van der Waals surface area contributed by atoms with Crippen LogP contribution in [0.5, 0.6) is 5.75 Å². The van der Waals surface area contributed by atoms with Crippen molar-refractivity contribution < 1.29 is 13.9 Å². The molecule has 4 aromatic rings. The van der Waals surface area contributed by atoms with Crippen molar-refractivity contribution in [3.05, 3.63) is 83.3 Å². The number of aromatic nitrogens is 2. The molecule has 1 amide bonds. The minimum absolute atomic E-state index is 0.182. The van der Waals surface area contributed by atoms with Crippen LogP contribution in [-0.4, -0.2) is 35.2 Å². The fourth-order valence-electron chi connectivity index (χ4n) is 3.58. The van der Waals surface area contributed by atoms with Crippen molar-refractivity contribution in [2.75, 3.05) is 14.2 Å². The molecule has 0 saturated carbocycles. The van der Waals surface area contributed by atoms with Gasteiger partial charge in [-0.25, -0.2) is 4.39 Å². The molecule has 4 rings (SSSR count). The highest BCUT2D eigenvalue weighted by Gasteiger charge is 2.17. The van der Waals surface area contributed by atoms with Crippen LogP contribution in [0.25, 0.3) is 22.0 Å². The highest BCUT2D eigenvalue weighted by atomic mass is 19.1. The number of nitrogens with one attached hydrogen (secondary N) is 1. The first-order valence-electron chi connectivity index (χ1n) is 9.55. The second-order valence-corrected chi connectivity index (χ2v) is 7.17. The van der Waals surface area contributed by atoms with Gasteiger partial charge in [0.05, 0.1) is 30.5 Å². The van der Waals surface area contributed by atoms with Gasteiger partial charge in [-0.15, -0.1) is 0 Å². The summed E-state index contributed by atoms with van der Waals surface area (Å²) in [6, 6.07) is 16.9. The molecule has 1 N–H and O–H groups in total. The van der Waals surface area contributed by atoms with E-state index in [1.807, 2.05) is 24.3 Å². The Hall–Kier alpha value is -4.18. The van der Waals surface area contributed by atoms with Crippen LogP contribution >= 0.6 is 0 Å². The van der Waals surface area contributed by atoms with Gasteiger partial charge >= 0.3 is 0 Å². The highest BCUT2D eigenvalue weighted by Crippen LogP contribution is 2.32. The largest absolute Gasteiger partial charge is 0.496 e. The zero-order valence-electron chi connectivity index (χ0n) is 17.0. The van der Waals surface area contributed by atoms with E-state index in [0.29, 0.717) is 29.0 Å². The minimum Gasteiger partial charge on any atom is -0.496 e. The van der Waals surface area contributed by atoms with Crippen LogP contribution in [0, 0.1) is 17.1 Å². The molecular weight excluding hydrogens is 395 g/mol. The van der Waals surface area contributed by atoms with Gasteiger partial charge in [0, 0.05) is 30.1 Å². The van der Waals surface area contributed by atoms with Crippen molar-refractivity contribution in [1.29, 1.82) is 5.26 Å². The number of nitrogens with zero attached hydrogens (tertiary/aromatic N) is 3. The summed E-state index contributed by atoms with van der Waals surface area (Å²) in [5.41, 5.74) is 3.61. The van der Waals surface area contributed by atoms with Crippen LogP contribution in [0.1, 0.15) is 21.5 Å². The second-order valence-electron chi connectivity index (χ2n) is 7.17. The maximum absolute atomic E-state index is 13.9. The molecule has 6 nitrogen and oxygen atoms in total. The van der Waals surface area contributed by atoms with E-state index in [0.717, 1.165) is 16.5 Å². The van der Waals surface area contributed by atoms with E-state index >= 15 is 0 Å². The Morgan fingerprint density at radius 3 is 2.84 bits per heavy atom. The van der Waals surface area contributed by atoms with Crippen molar-refractivity contribution in [2.45, 2.75) is 6.54 Å². The number of amides is 1. The molecule has 1 aromatic heterocycles. The number of carbonyl (C=O) groups excluding carboxylic acids is 1. The van der Waals surface area contributed by atoms with E-state index in [2.05, 4.69) is 10.2 Å². The summed E-state index contributed by atoms with van der Waals surface area (Å²) in [5, 5.41) is 17.1. The molecule has 0 fully saturated rings. The first-order chi connectivity index (χ1) is 15.0. The van der Waals surface area contributed by atoms with E-state index in [-0.39, 0.29) is 11.5 Å². The molecule has 154 valence electrons. The number of carbonyl (C=O) groups is 1. The first-order valence-corrected chi connectivity index (χ1v) is 9.55. The van der Waals surface area contributed by atoms with Gasteiger partial charge in [-0.05, 0) is 47.5 Å².